The van der Waals surface area contributed by atoms with E-state index in [-0.39, 0.29) is 5.78 Å². The fourth-order valence-corrected chi connectivity index (χ4v) is 5.46. The van der Waals surface area contributed by atoms with Crippen LogP contribution in [0.4, 0.5) is 0 Å². The second kappa shape index (κ2) is 14.2. The van der Waals surface area contributed by atoms with Crippen molar-refractivity contribution in [3.63, 3.8) is 0 Å². The first-order valence-electron chi connectivity index (χ1n) is 13.3. The van der Waals surface area contributed by atoms with Crippen LogP contribution in [0.5, 0.6) is 40.2 Å². The van der Waals surface area contributed by atoms with Crippen molar-refractivity contribution >= 4 is 5.78 Å². The third-order valence-electron chi connectivity index (χ3n) is 7.39. The van der Waals surface area contributed by atoms with E-state index in [1.54, 1.807) is 28.4 Å². The lowest BCUT2D eigenvalue weighted by Crippen LogP contribution is -2.31. The Kier molecular flexibility index (Phi) is 11.0. The molecule has 0 amide bonds. The molecule has 0 N–H and O–H groups in total. The van der Waals surface area contributed by atoms with Crippen LogP contribution in [-0.2, 0) is 13.0 Å². The lowest BCUT2D eigenvalue weighted by molar-refractivity contribution is 0.0974. The summed E-state index contributed by atoms with van der Waals surface area (Å²) in [7, 11) is 11.1. The van der Waals surface area contributed by atoms with Crippen molar-refractivity contribution in [2.24, 2.45) is 0 Å². The normalized spacial score (nSPS) is 12.9. The molecule has 0 bridgehead atoms. The number of carbonyl (C=O) groups is 1. The molecule has 1 aliphatic heterocycles. The summed E-state index contributed by atoms with van der Waals surface area (Å²) in [5, 5.41) is 0. The lowest BCUT2D eigenvalue weighted by atomic mass is 9.96. The van der Waals surface area contributed by atoms with Gasteiger partial charge in [0.2, 0.25) is 17.2 Å². The monoisotopic (exact) mass is 545 g/mol. The van der Waals surface area contributed by atoms with Crippen LogP contribution in [-0.4, -0.2) is 73.5 Å². The standard InChI is InChI=1S/C30H43NO8/c1-19-24(28(37-6)30(39-8)29(38-7)25(19)34-3)22(32)13-11-9-10-12-15-31-16-14-20-17-23(33-2)27(36-5)26(35-4)21(20)18-31/h17H,9-16,18H2,1-8H3. The maximum atomic E-state index is 13.3. The van der Waals surface area contributed by atoms with Gasteiger partial charge in [0, 0.05) is 30.6 Å². The second-order valence-electron chi connectivity index (χ2n) is 9.53. The molecule has 0 fully saturated rings. The van der Waals surface area contributed by atoms with Gasteiger partial charge in [-0.25, -0.2) is 0 Å². The summed E-state index contributed by atoms with van der Waals surface area (Å²) in [4.78, 5) is 15.7. The van der Waals surface area contributed by atoms with E-state index in [0.717, 1.165) is 57.5 Å². The predicted octanol–water partition coefficient (Wildman–Crippen LogP) is 5.25. The molecule has 0 saturated heterocycles. The van der Waals surface area contributed by atoms with Crippen LogP contribution in [0.25, 0.3) is 0 Å². The zero-order valence-electron chi connectivity index (χ0n) is 24.7. The van der Waals surface area contributed by atoms with Gasteiger partial charge in [0.15, 0.2) is 28.8 Å². The van der Waals surface area contributed by atoms with Gasteiger partial charge in [0.25, 0.3) is 0 Å². The summed E-state index contributed by atoms with van der Waals surface area (Å²) in [5.74, 6) is 3.75. The van der Waals surface area contributed by atoms with Crippen LogP contribution in [0.1, 0.15) is 59.2 Å². The number of carbonyl (C=O) groups excluding carboxylic acids is 1. The maximum Gasteiger partial charge on any atom is 0.208 e. The highest BCUT2D eigenvalue weighted by molar-refractivity contribution is 6.02. The Morgan fingerprint density at radius 1 is 0.718 bits per heavy atom. The van der Waals surface area contributed by atoms with E-state index in [0.29, 0.717) is 52.0 Å². The highest BCUT2D eigenvalue weighted by atomic mass is 16.5. The molecule has 2 aromatic carbocycles. The van der Waals surface area contributed by atoms with Crippen molar-refractivity contribution in [1.29, 1.82) is 0 Å². The molecular weight excluding hydrogens is 502 g/mol. The number of methoxy groups -OCH3 is 7. The van der Waals surface area contributed by atoms with Gasteiger partial charge < -0.3 is 33.2 Å². The molecule has 9 heteroatoms. The Balaban J connectivity index is 1.55. The van der Waals surface area contributed by atoms with Gasteiger partial charge >= 0.3 is 0 Å². The average molecular weight is 546 g/mol. The van der Waals surface area contributed by atoms with Gasteiger partial charge in [-0.3, -0.25) is 9.69 Å². The molecule has 1 heterocycles. The fraction of sp³-hybridized carbons (Fsp3) is 0.567. The first-order valence-corrected chi connectivity index (χ1v) is 13.3. The molecule has 2 aromatic rings. The summed E-state index contributed by atoms with van der Waals surface area (Å²) >= 11 is 0. The summed E-state index contributed by atoms with van der Waals surface area (Å²) in [6.07, 6.45) is 5.24. The highest BCUT2D eigenvalue weighted by Gasteiger charge is 2.29. The van der Waals surface area contributed by atoms with Crippen LogP contribution in [0.2, 0.25) is 0 Å². The summed E-state index contributed by atoms with van der Waals surface area (Å²) in [5.41, 5.74) is 3.59. The van der Waals surface area contributed by atoms with Crippen molar-refractivity contribution in [3.05, 3.63) is 28.3 Å². The second-order valence-corrected chi connectivity index (χ2v) is 9.53. The first-order chi connectivity index (χ1) is 18.9. The van der Waals surface area contributed by atoms with Gasteiger partial charge in [-0.2, -0.15) is 0 Å². The number of unbranched alkanes of at least 4 members (excludes halogenated alkanes) is 3. The molecule has 1 aliphatic rings. The first kappa shape index (κ1) is 30.2. The van der Waals surface area contributed by atoms with Gasteiger partial charge in [0.05, 0.1) is 55.3 Å². The van der Waals surface area contributed by atoms with Crippen molar-refractivity contribution in [2.75, 3.05) is 62.9 Å². The van der Waals surface area contributed by atoms with Crippen LogP contribution in [0.15, 0.2) is 6.07 Å². The molecule has 0 radical (unpaired) electrons. The van der Waals surface area contributed by atoms with Crippen molar-refractivity contribution in [1.82, 2.24) is 4.90 Å². The maximum absolute atomic E-state index is 13.3. The van der Waals surface area contributed by atoms with Gasteiger partial charge in [-0.15, -0.1) is 0 Å². The van der Waals surface area contributed by atoms with E-state index in [9.17, 15) is 4.79 Å². The van der Waals surface area contributed by atoms with E-state index in [1.807, 2.05) is 6.92 Å². The average Bonchev–Trinajstić information content (AvgIpc) is 2.96. The lowest BCUT2D eigenvalue weighted by Gasteiger charge is -2.31. The van der Waals surface area contributed by atoms with Crippen LogP contribution < -0.4 is 33.2 Å². The molecule has 216 valence electrons. The molecular formula is C30H43NO8. The third kappa shape index (κ3) is 6.30. The molecule has 0 spiro atoms. The number of nitrogens with zero attached hydrogens (tertiary/aromatic N) is 1. The minimum atomic E-state index is 0.00714. The van der Waals surface area contributed by atoms with E-state index in [1.165, 1.54) is 32.5 Å². The summed E-state index contributed by atoms with van der Waals surface area (Å²) in [6, 6.07) is 2.07. The van der Waals surface area contributed by atoms with E-state index in [4.69, 9.17) is 33.2 Å². The molecule has 0 atom stereocenters. The molecule has 0 saturated carbocycles. The molecule has 0 aliphatic carbocycles. The third-order valence-corrected chi connectivity index (χ3v) is 7.39. The van der Waals surface area contributed by atoms with E-state index in [2.05, 4.69) is 11.0 Å². The SMILES string of the molecule is COc1cc2c(c(OC)c1OC)CN(CCCCCCC(=O)c1c(C)c(OC)c(OC)c(OC)c1OC)CC2. The zero-order chi connectivity index (χ0) is 28.5. The number of ether oxygens (including phenoxy) is 7. The Hall–Kier alpha value is -3.33. The van der Waals surface area contributed by atoms with Crippen molar-refractivity contribution < 1.29 is 38.0 Å². The van der Waals surface area contributed by atoms with E-state index < -0.39 is 0 Å². The molecule has 39 heavy (non-hydrogen) atoms. The Morgan fingerprint density at radius 3 is 1.90 bits per heavy atom. The van der Waals surface area contributed by atoms with Crippen LogP contribution in [0, 0.1) is 6.92 Å². The molecule has 3 rings (SSSR count). The Morgan fingerprint density at radius 2 is 1.31 bits per heavy atom. The quantitative estimate of drug-likeness (QED) is 0.220. The minimum Gasteiger partial charge on any atom is -0.493 e. The van der Waals surface area contributed by atoms with Gasteiger partial charge in [-0.05, 0) is 44.4 Å². The topological polar surface area (TPSA) is 84.9 Å². The summed E-state index contributed by atoms with van der Waals surface area (Å²) < 4.78 is 38.9. The largest absolute Gasteiger partial charge is 0.493 e. The summed E-state index contributed by atoms with van der Waals surface area (Å²) in [6.45, 7) is 4.64. The van der Waals surface area contributed by atoms with Crippen molar-refractivity contribution in [3.8, 4) is 40.2 Å². The van der Waals surface area contributed by atoms with Crippen LogP contribution in [0.3, 0.4) is 0 Å². The van der Waals surface area contributed by atoms with Gasteiger partial charge in [-0.1, -0.05) is 12.8 Å². The highest BCUT2D eigenvalue weighted by Crippen LogP contribution is 2.49. The number of hydrogen-bond donors (Lipinski definition) is 0. The number of rotatable bonds is 15. The Labute approximate surface area is 232 Å². The Bertz CT molecular complexity index is 1150. The smallest absolute Gasteiger partial charge is 0.208 e. The molecule has 0 unspecified atom stereocenters. The molecule has 9 nitrogen and oxygen atoms in total. The van der Waals surface area contributed by atoms with Crippen LogP contribution >= 0.6 is 0 Å². The minimum absolute atomic E-state index is 0.00714. The number of Topliss-reactive ketones (excluding diaryl/α,β-unsaturated/α-hetero) is 1. The number of ketones is 1. The van der Waals surface area contributed by atoms with E-state index >= 15 is 0 Å². The predicted molar refractivity (Wildman–Crippen MR) is 150 cm³/mol. The fourth-order valence-electron chi connectivity index (χ4n) is 5.46. The molecule has 0 aromatic heterocycles. The van der Waals surface area contributed by atoms with Crippen molar-refractivity contribution in [2.45, 2.75) is 52.0 Å². The number of fused-ring (bicyclic) bond motifs is 1. The zero-order valence-corrected chi connectivity index (χ0v) is 24.7. The number of hydrogen-bond acceptors (Lipinski definition) is 9. The van der Waals surface area contributed by atoms with Gasteiger partial charge in [0.1, 0.15) is 0 Å². The number of benzene rings is 2.